The Labute approximate surface area is 123 Å². The van der Waals surface area contributed by atoms with Crippen molar-refractivity contribution in [2.45, 2.75) is 26.3 Å². The second kappa shape index (κ2) is 5.07. The van der Waals surface area contributed by atoms with E-state index < -0.39 is 0 Å². The highest BCUT2D eigenvalue weighted by atomic mass is 15.3. The van der Waals surface area contributed by atoms with E-state index in [1.807, 2.05) is 28.9 Å². The molecule has 5 heteroatoms. The normalized spacial score (nSPS) is 17.8. The SMILES string of the molecule is CC1CCN(Cc2nnc3c4ccccc4ncn23)CC1. The molecule has 1 fully saturated rings. The molecule has 0 spiro atoms. The van der Waals surface area contributed by atoms with Crippen molar-refractivity contribution in [1.29, 1.82) is 0 Å². The molecule has 4 rings (SSSR count). The molecule has 0 bridgehead atoms. The van der Waals surface area contributed by atoms with Crippen LogP contribution in [0.4, 0.5) is 0 Å². The Hall–Kier alpha value is -2.01. The quantitative estimate of drug-likeness (QED) is 0.724. The summed E-state index contributed by atoms with van der Waals surface area (Å²) in [4.78, 5) is 6.98. The first-order valence-corrected chi connectivity index (χ1v) is 7.61. The number of para-hydroxylation sites is 1. The van der Waals surface area contributed by atoms with E-state index in [2.05, 4.69) is 33.1 Å². The van der Waals surface area contributed by atoms with Gasteiger partial charge in [-0.25, -0.2) is 4.98 Å². The van der Waals surface area contributed by atoms with Gasteiger partial charge in [0.15, 0.2) is 11.5 Å². The van der Waals surface area contributed by atoms with Crippen LogP contribution in [-0.4, -0.2) is 37.6 Å². The van der Waals surface area contributed by atoms with E-state index in [9.17, 15) is 0 Å². The highest BCUT2D eigenvalue weighted by Gasteiger charge is 2.18. The lowest BCUT2D eigenvalue weighted by molar-refractivity contribution is 0.181. The standard InChI is InChI=1S/C16H19N5/c1-12-6-8-20(9-7-12)10-15-18-19-16-13-4-2-3-5-14(13)17-11-21(15)16/h2-5,11-12H,6-10H2,1H3. The maximum atomic E-state index is 4.51. The lowest BCUT2D eigenvalue weighted by Crippen LogP contribution is -2.33. The molecule has 0 amide bonds. The molecule has 1 saturated heterocycles. The molecule has 1 aliphatic heterocycles. The smallest absolute Gasteiger partial charge is 0.171 e. The van der Waals surface area contributed by atoms with Crippen LogP contribution >= 0.6 is 0 Å². The minimum Gasteiger partial charge on any atom is -0.296 e. The highest BCUT2D eigenvalue weighted by molar-refractivity contribution is 5.90. The van der Waals surface area contributed by atoms with Crippen LogP contribution in [-0.2, 0) is 6.54 Å². The Morgan fingerprint density at radius 2 is 1.95 bits per heavy atom. The zero-order valence-corrected chi connectivity index (χ0v) is 12.2. The van der Waals surface area contributed by atoms with Crippen LogP contribution in [0, 0.1) is 5.92 Å². The van der Waals surface area contributed by atoms with Crippen LogP contribution in [0.25, 0.3) is 16.6 Å². The van der Waals surface area contributed by atoms with Crippen molar-refractivity contribution in [2.24, 2.45) is 5.92 Å². The lowest BCUT2D eigenvalue weighted by Gasteiger charge is -2.29. The fraction of sp³-hybridized carbons (Fsp3) is 0.438. The van der Waals surface area contributed by atoms with Gasteiger partial charge in [-0.05, 0) is 44.0 Å². The van der Waals surface area contributed by atoms with Gasteiger partial charge in [-0.2, -0.15) is 0 Å². The van der Waals surface area contributed by atoms with E-state index in [-0.39, 0.29) is 0 Å². The molecule has 1 aromatic carbocycles. The molecule has 0 unspecified atom stereocenters. The Bertz CT molecular complexity index is 771. The topological polar surface area (TPSA) is 46.3 Å². The maximum absolute atomic E-state index is 4.51. The Balaban J connectivity index is 1.68. The van der Waals surface area contributed by atoms with Crippen molar-refractivity contribution < 1.29 is 0 Å². The Morgan fingerprint density at radius 3 is 2.81 bits per heavy atom. The predicted molar refractivity (Wildman–Crippen MR) is 82.0 cm³/mol. The number of rotatable bonds is 2. The summed E-state index contributed by atoms with van der Waals surface area (Å²) >= 11 is 0. The molecular formula is C16H19N5. The van der Waals surface area contributed by atoms with Gasteiger partial charge >= 0.3 is 0 Å². The molecule has 1 aliphatic rings. The monoisotopic (exact) mass is 281 g/mol. The summed E-state index contributed by atoms with van der Waals surface area (Å²) in [7, 11) is 0. The fourth-order valence-corrected chi connectivity index (χ4v) is 3.05. The number of fused-ring (bicyclic) bond motifs is 3. The highest BCUT2D eigenvalue weighted by Crippen LogP contribution is 2.20. The molecule has 0 radical (unpaired) electrons. The van der Waals surface area contributed by atoms with Crippen molar-refractivity contribution >= 4 is 16.6 Å². The minimum absolute atomic E-state index is 0.849. The molecule has 0 saturated carbocycles. The lowest BCUT2D eigenvalue weighted by atomic mass is 9.99. The molecule has 21 heavy (non-hydrogen) atoms. The molecule has 5 nitrogen and oxygen atoms in total. The van der Waals surface area contributed by atoms with Crippen molar-refractivity contribution in [3.05, 3.63) is 36.4 Å². The molecule has 0 N–H and O–H groups in total. The van der Waals surface area contributed by atoms with Crippen LogP contribution < -0.4 is 0 Å². The van der Waals surface area contributed by atoms with Gasteiger partial charge in [-0.15, -0.1) is 10.2 Å². The molecule has 2 aromatic heterocycles. The largest absolute Gasteiger partial charge is 0.296 e. The molecule has 108 valence electrons. The molecule has 0 aliphatic carbocycles. The summed E-state index contributed by atoms with van der Waals surface area (Å²) in [5.41, 5.74) is 1.87. The number of hydrogen-bond donors (Lipinski definition) is 0. The predicted octanol–water partition coefficient (Wildman–Crippen LogP) is 2.51. The van der Waals surface area contributed by atoms with Gasteiger partial charge in [0.2, 0.25) is 0 Å². The number of nitrogens with zero attached hydrogens (tertiary/aromatic N) is 5. The number of likely N-dealkylation sites (tertiary alicyclic amines) is 1. The first-order chi connectivity index (χ1) is 10.3. The van der Waals surface area contributed by atoms with Crippen LogP contribution in [0.15, 0.2) is 30.6 Å². The summed E-state index contributed by atoms with van der Waals surface area (Å²) in [6.45, 7) is 5.49. The summed E-state index contributed by atoms with van der Waals surface area (Å²) in [6, 6.07) is 8.08. The van der Waals surface area contributed by atoms with E-state index in [1.54, 1.807) is 0 Å². The first kappa shape index (κ1) is 12.7. The van der Waals surface area contributed by atoms with Crippen LogP contribution in [0.5, 0.6) is 0 Å². The Kier molecular flexibility index (Phi) is 3.07. The van der Waals surface area contributed by atoms with Crippen molar-refractivity contribution in [2.75, 3.05) is 13.1 Å². The van der Waals surface area contributed by atoms with E-state index >= 15 is 0 Å². The molecule has 3 heterocycles. The number of aromatic nitrogens is 4. The van der Waals surface area contributed by atoms with Crippen molar-refractivity contribution in [1.82, 2.24) is 24.5 Å². The summed E-state index contributed by atoms with van der Waals surface area (Å²) < 4.78 is 2.03. The number of hydrogen-bond acceptors (Lipinski definition) is 4. The first-order valence-electron chi connectivity index (χ1n) is 7.61. The molecular weight excluding hydrogens is 262 g/mol. The average Bonchev–Trinajstić information content (AvgIpc) is 2.93. The van der Waals surface area contributed by atoms with Crippen LogP contribution in [0.1, 0.15) is 25.6 Å². The van der Waals surface area contributed by atoms with Gasteiger partial charge in [0.1, 0.15) is 6.33 Å². The Morgan fingerprint density at radius 1 is 1.14 bits per heavy atom. The summed E-state index contributed by atoms with van der Waals surface area (Å²) in [6.07, 6.45) is 4.40. The molecule has 0 atom stereocenters. The van der Waals surface area contributed by atoms with E-state index in [0.29, 0.717) is 0 Å². The van der Waals surface area contributed by atoms with Gasteiger partial charge in [0, 0.05) is 5.39 Å². The van der Waals surface area contributed by atoms with E-state index in [1.165, 1.54) is 12.8 Å². The van der Waals surface area contributed by atoms with Crippen LogP contribution in [0.3, 0.4) is 0 Å². The second-order valence-corrected chi connectivity index (χ2v) is 6.03. The number of piperidine rings is 1. The van der Waals surface area contributed by atoms with Crippen molar-refractivity contribution in [3.8, 4) is 0 Å². The van der Waals surface area contributed by atoms with Gasteiger partial charge in [-0.3, -0.25) is 9.30 Å². The average molecular weight is 281 g/mol. The zero-order valence-electron chi connectivity index (χ0n) is 12.2. The fourth-order valence-electron chi connectivity index (χ4n) is 3.05. The zero-order chi connectivity index (χ0) is 14.2. The van der Waals surface area contributed by atoms with Gasteiger partial charge in [-0.1, -0.05) is 19.1 Å². The van der Waals surface area contributed by atoms with Gasteiger partial charge in [0.25, 0.3) is 0 Å². The van der Waals surface area contributed by atoms with Gasteiger partial charge < -0.3 is 0 Å². The second-order valence-electron chi connectivity index (χ2n) is 6.03. The summed E-state index contributed by atoms with van der Waals surface area (Å²) in [5, 5.41) is 9.82. The van der Waals surface area contributed by atoms with Gasteiger partial charge in [0.05, 0.1) is 12.1 Å². The summed E-state index contributed by atoms with van der Waals surface area (Å²) in [5.74, 6) is 1.83. The van der Waals surface area contributed by atoms with E-state index in [0.717, 1.165) is 47.9 Å². The van der Waals surface area contributed by atoms with Crippen LogP contribution in [0.2, 0.25) is 0 Å². The van der Waals surface area contributed by atoms with Crippen molar-refractivity contribution in [3.63, 3.8) is 0 Å². The third-order valence-corrected chi connectivity index (χ3v) is 4.46. The van der Waals surface area contributed by atoms with E-state index in [4.69, 9.17) is 0 Å². The maximum Gasteiger partial charge on any atom is 0.171 e. The minimum atomic E-state index is 0.849. The molecule has 3 aromatic rings. The third-order valence-electron chi connectivity index (χ3n) is 4.46. The third kappa shape index (κ3) is 2.27. The number of benzene rings is 1.